The Kier molecular flexibility index (Phi) is 5.70. The van der Waals surface area contributed by atoms with E-state index < -0.39 is 0 Å². The van der Waals surface area contributed by atoms with Crippen molar-refractivity contribution in [2.24, 2.45) is 0 Å². The van der Waals surface area contributed by atoms with Crippen LogP contribution in [-0.4, -0.2) is 0 Å². The second-order valence-electron chi connectivity index (χ2n) is 3.41. The van der Waals surface area contributed by atoms with Crippen molar-refractivity contribution in [2.45, 2.75) is 51.4 Å². The highest BCUT2D eigenvalue weighted by Crippen LogP contribution is 2.08. The van der Waals surface area contributed by atoms with Crippen LogP contribution in [0.25, 0.3) is 0 Å². The molecule has 12 heavy (non-hydrogen) atoms. The predicted molar refractivity (Wildman–Crippen MR) is 53.9 cm³/mol. The first-order valence-electron chi connectivity index (χ1n) is 5.20. The Bertz CT molecular complexity index is 124. The summed E-state index contributed by atoms with van der Waals surface area (Å²) < 4.78 is 0. The summed E-state index contributed by atoms with van der Waals surface area (Å²) in [5, 5.41) is 0. The van der Waals surface area contributed by atoms with Crippen molar-refractivity contribution in [3.63, 3.8) is 0 Å². The Morgan fingerprint density at radius 2 is 1.58 bits per heavy atom. The van der Waals surface area contributed by atoms with E-state index in [9.17, 15) is 0 Å². The van der Waals surface area contributed by atoms with Crippen LogP contribution in [-0.2, 0) is 0 Å². The molecule has 0 N–H and O–H groups in total. The van der Waals surface area contributed by atoms with Gasteiger partial charge in [-0.1, -0.05) is 31.1 Å². The molecule has 67 valence electrons. The van der Waals surface area contributed by atoms with Gasteiger partial charge in [-0.25, -0.2) is 0 Å². The largest absolute Gasteiger partial charge is 0.0885 e. The Labute approximate surface area is 76.4 Å². The fraction of sp³-hybridized carbons (Fsp3) is 0.667. The molecule has 0 nitrogen and oxygen atoms in total. The minimum absolute atomic E-state index is 1.17. The summed E-state index contributed by atoms with van der Waals surface area (Å²) in [6.07, 6.45) is 20.5. The molecule has 0 atom stereocenters. The van der Waals surface area contributed by atoms with E-state index in [-0.39, 0.29) is 0 Å². The highest BCUT2D eigenvalue weighted by atomic mass is 13.9. The van der Waals surface area contributed by atoms with Gasteiger partial charge in [-0.2, -0.15) is 0 Å². The molecule has 0 unspecified atom stereocenters. The summed E-state index contributed by atoms with van der Waals surface area (Å²) in [7, 11) is 0. The Morgan fingerprint density at radius 3 is 2.58 bits per heavy atom. The molecule has 1 radical (unpaired) electrons. The molecule has 0 amide bonds. The van der Waals surface area contributed by atoms with Crippen LogP contribution in [0.5, 0.6) is 0 Å². The molecule has 0 bridgehead atoms. The van der Waals surface area contributed by atoms with Gasteiger partial charge in [-0.15, -0.1) is 0 Å². The van der Waals surface area contributed by atoms with Gasteiger partial charge >= 0.3 is 0 Å². The average molecular weight is 163 g/mol. The van der Waals surface area contributed by atoms with Gasteiger partial charge in [-0.3, -0.25) is 0 Å². The Hall–Kier alpha value is -0.520. The second kappa shape index (κ2) is 7.15. The third-order valence-corrected chi connectivity index (χ3v) is 2.23. The third kappa shape index (κ3) is 5.17. The molecular formula is C12H19. The maximum absolute atomic E-state index is 3.34. The Morgan fingerprint density at radius 1 is 0.750 bits per heavy atom. The zero-order valence-corrected chi connectivity index (χ0v) is 7.89. The molecule has 0 aromatic carbocycles. The summed E-state index contributed by atoms with van der Waals surface area (Å²) in [4.78, 5) is 0. The molecule has 0 heterocycles. The van der Waals surface area contributed by atoms with Gasteiger partial charge in [0, 0.05) is 0 Å². The van der Waals surface area contributed by atoms with Crippen LogP contribution in [0, 0.1) is 6.08 Å². The number of hydrogen-bond acceptors (Lipinski definition) is 0. The molecule has 1 aliphatic rings. The predicted octanol–water partition coefficient (Wildman–Crippen LogP) is 4.04. The van der Waals surface area contributed by atoms with Crippen molar-refractivity contribution in [1.29, 1.82) is 0 Å². The van der Waals surface area contributed by atoms with Crippen LogP contribution >= 0.6 is 0 Å². The summed E-state index contributed by atoms with van der Waals surface area (Å²) in [5.41, 5.74) is 0. The second-order valence-corrected chi connectivity index (χ2v) is 3.41. The van der Waals surface area contributed by atoms with E-state index in [0.717, 1.165) is 0 Å². The third-order valence-electron chi connectivity index (χ3n) is 2.23. The molecule has 0 aromatic heterocycles. The first-order chi connectivity index (χ1) is 6.00. The quantitative estimate of drug-likeness (QED) is 0.473. The number of rotatable bonds is 0. The summed E-state index contributed by atoms with van der Waals surface area (Å²) in [6.45, 7) is 0. The summed E-state index contributed by atoms with van der Waals surface area (Å²) in [6, 6.07) is 0. The van der Waals surface area contributed by atoms with E-state index in [4.69, 9.17) is 0 Å². The topological polar surface area (TPSA) is 0 Å². The van der Waals surface area contributed by atoms with Crippen LogP contribution in [0.3, 0.4) is 0 Å². The van der Waals surface area contributed by atoms with Gasteiger partial charge in [-0.05, 0) is 44.6 Å². The Balaban J connectivity index is 2.19. The lowest BCUT2D eigenvalue weighted by atomic mass is 10.1. The fourth-order valence-electron chi connectivity index (χ4n) is 1.46. The average Bonchev–Trinajstić information content (AvgIpc) is 2.05. The van der Waals surface area contributed by atoms with Gasteiger partial charge in [0.1, 0.15) is 0 Å². The summed E-state index contributed by atoms with van der Waals surface area (Å²) >= 11 is 0. The van der Waals surface area contributed by atoms with Crippen molar-refractivity contribution >= 4 is 0 Å². The molecule has 0 fully saturated rings. The zero-order chi connectivity index (χ0) is 8.49. The molecule has 0 heteroatoms. The minimum atomic E-state index is 1.17. The normalized spacial score (nSPS) is 26.7. The standard InChI is InChI=1S/C12H19/c1-2-4-6-8-10-12-11-9-7-5-3-1/h1-2,7H,3-6,8,10-12H2/b2-1+,9-7?. The van der Waals surface area contributed by atoms with Gasteiger partial charge < -0.3 is 0 Å². The number of hydrogen-bond donors (Lipinski definition) is 0. The van der Waals surface area contributed by atoms with E-state index >= 15 is 0 Å². The minimum Gasteiger partial charge on any atom is -0.0885 e. The van der Waals surface area contributed by atoms with Crippen molar-refractivity contribution in [2.75, 3.05) is 0 Å². The van der Waals surface area contributed by atoms with Crippen molar-refractivity contribution in [1.82, 2.24) is 0 Å². The lowest BCUT2D eigenvalue weighted by Crippen LogP contribution is -1.78. The van der Waals surface area contributed by atoms with Crippen LogP contribution in [0.1, 0.15) is 51.4 Å². The van der Waals surface area contributed by atoms with Crippen LogP contribution < -0.4 is 0 Å². The van der Waals surface area contributed by atoms with E-state index in [1.165, 1.54) is 51.4 Å². The maximum atomic E-state index is 3.34. The van der Waals surface area contributed by atoms with E-state index in [1.807, 2.05) is 0 Å². The SMILES string of the molecule is [C]1=C/CC/C=C/CCCCCC/1. The van der Waals surface area contributed by atoms with Crippen molar-refractivity contribution in [3.8, 4) is 0 Å². The van der Waals surface area contributed by atoms with Crippen LogP contribution in [0.2, 0.25) is 0 Å². The molecule has 0 aromatic rings. The monoisotopic (exact) mass is 163 g/mol. The smallest absolute Gasteiger partial charge is 0.0279 e. The highest BCUT2D eigenvalue weighted by molar-refractivity contribution is 4.85. The van der Waals surface area contributed by atoms with Gasteiger partial charge in [0.15, 0.2) is 0 Å². The first-order valence-corrected chi connectivity index (χ1v) is 5.20. The molecule has 0 aliphatic heterocycles. The molecule has 0 saturated heterocycles. The lowest BCUT2D eigenvalue weighted by Gasteiger charge is -1.98. The van der Waals surface area contributed by atoms with Crippen LogP contribution in [0.15, 0.2) is 18.2 Å². The van der Waals surface area contributed by atoms with Crippen LogP contribution in [0.4, 0.5) is 0 Å². The van der Waals surface area contributed by atoms with Gasteiger partial charge in [0.2, 0.25) is 0 Å². The molecular weight excluding hydrogens is 144 g/mol. The van der Waals surface area contributed by atoms with E-state index in [2.05, 4.69) is 24.3 Å². The highest BCUT2D eigenvalue weighted by Gasteiger charge is 1.89. The van der Waals surface area contributed by atoms with Crippen molar-refractivity contribution < 1.29 is 0 Å². The molecule has 1 rings (SSSR count). The van der Waals surface area contributed by atoms with Gasteiger partial charge in [0.25, 0.3) is 0 Å². The number of allylic oxidation sites excluding steroid dienone is 4. The first kappa shape index (κ1) is 9.57. The zero-order valence-electron chi connectivity index (χ0n) is 7.89. The molecule has 0 saturated carbocycles. The molecule has 1 aliphatic carbocycles. The van der Waals surface area contributed by atoms with Gasteiger partial charge in [0.05, 0.1) is 0 Å². The van der Waals surface area contributed by atoms with E-state index in [1.54, 1.807) is 0 Å². The summed E-state index contributed by atoms with van der Waals surface area (Å²) in [5.74, 6) is 0. The fourth-order valence-corrected chi connectivity index (χ4v) is 1.46. The lowest BCUT2D eigenvalue weighted by molar-refractivity contribution is 0.646. The molecule has 0 spiro atoms. The van der Waals surface area contributed by atoms with E-state index in [0.29, 0.717) is 0 Å². The maximum Gasteiger partial charge on any atom is -0.0279 e. The van der Waals surface area contributed by atoms with Crippen molar-refractivity contribution in [3.05, 3.63) is 24.3 Å².